The molecule has 2 amide bonds. The first-order chi connectivity index (χ1) is 12.5. The van der Waals surface area contributed by atoms with Crippen molar-refractivity contribution in [2.45, 2.75) is 26.7 Å². The zero-order valence-electron chi connectivity index (χ0n) is 15.7. The number of para-hydroxylation sites is 2. The molecule has 0 aromatic heterocycles. The SMILES string of the molecule is CC(C)CCN1CC(C(=O)Nc2ccccc2N2CCOCC2)CC1=O. The Morgan fingerprint density at radius 3 is 2.73 bits per heavy atom. The Balaban J connectivity index is 1.62. The van der Waals surface area contributed by atoms with E-state index in [0.29, 0.717) is 32.1 Å². The van der Waals surface area contributed by atoms with E-state index in [1.807, 2.05) is 29.2 Å². The van der Waals surface area contributed by atoms with E-state index in [1.165, 1.54) is 0 Å². The first-order valence-corrected chi connectivity index (χ1v) is 9.55. The smallest absolute Gasteiger partial charge is 0.229 e. The van der Waals surface area contributed by atoms with Gasteiger partial charge in [0.1, 0.15) is 0 Å². The first-order valence-electron chi connectivity index (χ1n) is 9.55. The minimum absolute atomic E-state index is 0.0638. The van der Waals surface area contributed by atoms with Crippen molar-refractivity contribution in [3.8, 4) is 0 Å². The van der Waals surface area contributed by atoms with Gasteiger partial charge in [-0.15, -0.1) is 0 Å². The average molecular weight is 359 g/mol. The summed E-state index contributed by atoms with van der Waals surface area (Å²) in [6.45, 7) is 8.59. The van der Waals surface area contributed by atoms with Crippen LogP contribution in [0.5, 0.6) is 0 Å². The number of anilines is 2. The van der Waals surface area contributed by atoms with Crippen LogP contribution >= 0.6 is 0 Å². The van der Waals surface area contributed by atoms with Gasteiger partial charge in [0.2, 0.25) is 11.8 Å². The predicted molar refractivity (Wildman–Crippen MR) is 102 cm³/mol. The van der Waals surface area contributed by atoms with E-state index in [1.54, 1.807) is 0 Å². The van der Waals surface area contributed by atoms with Gasteiger partial charge in [0.05, 0.1) is 30.5 Å². The van der Waals surface area contributed by atoms with E-state index in [0.717, 1.165) is 37.4 Å². The van der Waals surface area contributed by atoms with Crippen molar-refractivity contribution in [3.63, 3.8) is 0 Å². The Labute approximate surface area is 155 Å². The van der Waals surface area contributed by atoms with E-state index >= 15 is 0 Å². The first kappa shape index (κ1) is 18.7. The predicted octanol–water partition coefficient (Wildman–Crippen LogP) is 2.36. The van der Waals surface area contributed by atoms with E-state index in [4.69, 9.17) is 4.74 Å². The van der Waals surface area contributed by atoms with Gasteiger partial charge in [-0.05, 0) is 24.5 Å². The molecule has 0 bridgehead atoms. The van der Waals surface area contributed by atoms with Gasteiger partial charge in [-0.2, -0.15) is 0 Å². The number of carbonyl (C=O) groups is 2. The summed E-state index contributed by atoms with van der Waals surface area (Å²) in [6.07, 6.45) is 1.28. The lowest BCUT2D eigenvalue weighted by Gasteiger charge is -2.30. The highest BCUT2D eigenvalue weighted by Gasteiger charge is 2.34. The molecule has 2 fully saturated rings. The van der Waals surface area contributed by atoms with Crippen LogP contribution < -0.4 is 10.2 Å². The molecule has 0 aliphatic carbocycles. The third-order valence-electron chi connectivity index (χ3n) is 5.08. The molecular formula is C20H29N3O3. The number of rotatable bonds is 6. The summed E-state index contributed by atoms with van der Waals surface area (Å²) in [5.41, 5.74) is 1.83. The second-order valence-corrected chi connectivity index (χ2v) is 7.53. The standard InChI is InChI=1S/C20H29N3O3/c1-15(2)7-8-23-14-16(13-19(23)24)20(25)21-17-5-3-4-6-18(17)22-9-11-26-12-10-22/h3-6,15-16H,7-14H2,1-2H3,(H,21,25). The Morgan fingerprint density at radius 1 is 1.27 bits per heavy atom. The van der Waals surface area contributed by atoms with E-state index in [2.05, 4.69) is 24.1 Å². The maximum Gasteiger partial charge on any atom is 0.229 e. The van der Waals surface area contributed by atoms with Crippen LogP contribution in [0.2, 0.25) is 0 Å². The topological polar surface area (TPSA) is 61.9 Å². The molecule has 26 heavy (non-hydrogen) atoms. The van der Waals surface area contributed by atoms with Gasteiger partial charge in [0, 0.05) is 32.6 Å². The zero-order valence-corrected chi connectivity index (χ0v) is 15.7. The molecule has 0 spiro atoms. The molecule has 3 rings (SSSR count). The number of carbonyl (C=O) groups excluding carboxylic acids is 2. The molecule has 1 atom stereocenters. The minimum atomic E-state index is -0.271. The highest BCUT2D eigenvalue weighted by molar-refractivity contribution is 5.99. The molecule has 6 heteroatoms. The number of hydrogen-bond acceptors (Lipinski definition) is 4. The molecule has 2 heterocycles. The van der Waals surface area contributed by atoms with Crippen LogP contribution in [0.1, 0.15) is 26.7 Å². The fourth-order valence-electron chi connectivity index (χ4n) is 3.47. The lowest BCUT2D eigenvalue weighted by Crippen LogP contribution is -2.37. The second kappa shape index (κ2) is 8.54. The van der Waals surface area contributed by atoms with Gasteiger partial charge in [0.25, 0.3) is 0 Å². The van der Waals surface area contributed by atoms with Gasteiger partial charge in [-0.25, -0.2) is 0 Å². The normalized spacial score (nSPS) is 20.7. The summed E-state index contributed by atoms with van der Waals surface area (Å²) in [7, 11) is 0. The fourth-order valence-corrected chi connectivity index (χ4v) is 3.47. The number of ether oxygens (including phenoxy) is 1. The van der Waals surface area contributed by atoms with E-state index in [9.17, 15) is 9.59 Å². The average Bonchev–Trinajstić information content (AvgIpc) is 3.02. The van der Waals surface area contributed by atoms with Gasteiger partial charge < -0.3 is 19.9 Å². The summed E-state index contributed by atoms with van der Waals surface area (Å²) in [4.78, 5) is 29.0. The summed E-state index contributed by atoms with van der Waals surface area (Å²) in [5.74, 6) is 0.307. The van der Waals surface area contributed by atoms with Crippen LogP contribution in [0.4, 0.5) is 11.4 Å². The molecule has 1 aromatic rings. The lowest BCUT2D eigenvalue weighted by molar-refractivity contribution is -0.128. The number of benzene rings is 1. The third kappa shape index (κ3) is 4.55. The molecule has 0 radical (unpaired) electrons. The van der Waals surface area contributed by atoms with Gasteiger partial charge in [-0.1, -0.05) is 26.0 Å². The molecule has 1 aromatic carbocycles. The van der Waals surface area contributed by atoms with Crippen LogP contribution in [-0.4, -0.2) is 56.1 Å². The number of morpholine rings is 1. The molecule has 6 nitrogen and oxygen atoms in total. The van der Waals surface area contributed by atoms with Crippen LogP contribution in [0.25, 0.3) is 0 Å². The molecule has 1 N–H and O–H groups in total. The number of nitrogens with one attached hydrogen (secondary N) is 1. The van der Waals surface area contributed by atoms with Crippen molar-refractivity contribution in [2.24, 2.45) is 11.8 Å². The Hall–Kier alpha value is -2.08. The van der Waals surface area contributed by atoms with Crippen LogP contribution in [0.3, 0.4) is 0 Å². The molecule has 2 saturated heterocycles. The molecular weight excluding hydrogens is 330 g/mol. The fraction of sp³-hybridized carbons (Fsp3) is 0.600. The Kier molecular flexibility index (Phi) is 6.14. The number of amides is 2. The Bertz CT molecular complexity index is 641. The zero-order chi connectivity index (χ0) is 18.5. The van der Waals surface area contributed by atoms with Crippen molar-refractivity contribution in [3.05, 3.63) is 24.3 Å². The molecule has 0 saturated carbocycles. The number of likely N-dealkylation sites (tertiary alicyclic amines) is 1. The second-order valence-electron chi connectivity index (χ2n) is 7.53. The molecule has 2 aliphatic rings. The van der Waals surface area contributed by atoms with Crippen molar-refractivity contribution in [1.82, 2.24) is 4.90 Å². The summed E-state index contributed by atoms with van der Waals surface area (Å²) in [5, 5.41) is 3.06. The molecule has 1 unspecified atom stereocenters. The van der Waals surface area contributed by atoms with Gasteiger partial charge >= 0.3 is 0 Å². The highest BCUT2D eigenvalue weighted by Crippen LogP contribution is 2.28. The van der Waals surface area contributed by atoms with Crippen LogP contribution in [-0.2, 0) is 14.3 Å². The summed E-state index contributed by atoms with van der Waals surface area (Å²) < 4.78 is 5.41. The highest BCUT2D eigenvalue weighted by atomic mass is 16.5. The summed E-state index contributed by atoms with van der Waals surface area (Å²) in [6, 6.07) is 7.85. The van der Waals surface area contributed by atoms with E-state index in [-0.39, 0.29) is 17.7 Å². The van der Waals surface area contributed by atoms with E-state index < -0.39 is 0 Å². The van der Waals surface area contributed by atoms with Crippen molar-refractivity contribution >= 4 is 23.2 Å². The lowest BCUT2D eigenvalue weighted by atomic mass is 10.1. The largest absolute Gasteiger partial charge is 0.378 e. The number of nitrogens with zero attached hydrogens (tertiary/aromatic N) is 2. The molecule has 142 valence electrons. The monoisotopic (exact) mass is 359 g/mol. The van der Waals surface area contributed by atoms with Crippen molar-refractivity contribution < 1.29 is 14.3 Å². The molecule has 2 aliphatic heterocycles. The van der Waals surface area contributed by atoms with Gasteiger partial charge in [-0.3, -0.25) is 9.59 Å². The van der Waals surface area contributed by atoms with Crippen LogP contribution in [0, 0.1) is 11.8 Å². The third-order valence-corrected chi connectivity index (χ3v) is 5.08. The minimum Gasteiger partial charge on any atom is -0.378 e. The maximum absolute atomic E-state index is 12.7. The maximum atomic E-state index is 12.7. The van der Waals surface area contributed by atoms with Gasteiger partial charge in [0.15, 0.2) is 0 Å². The van der Waals surface area contributed by atoms with Crippen molar-refractivity contribution in [2.75, 3.05) is 49.6 Å². The summed E-state index contributed by atoms with van der Waals surface area (Å²) >= 11 is 0. The Morgan fingerprint density at radius 2 is 2.00 bits per heavy atom. The van der Waals surface area contributed by atoms with Crippen molar-refractivity contribution in [1.29, 1.82) is 0 Å². The quantitative estimate of drug-likeness (QED) is 0.847. The van der Waals surface area contributed by atoms with Crippen LogP contribution in [0.15, 0.2) is 24.3 Å². The number of hydrogen-bond donors (Lipinski definition) is 1.